The summed E-state index contributed by atoms with van der Waals surface area (Å²) in [5.41, 5.74) is 0.353. The first-order valence-electron chi connectivity index (χ1n) is 2.66. The van der Waals surface area contributed by atoms with Crippen LogP contribution in [0.5, 0.6) is 0 Å². The van der Waals surface area contributed by atoms with Crippen LogP contribution in [0.15, 0.2) is 24.3 Å². The standard InChI is InChI=1S/C7H4Cl2O.CH4/c8-6-4-2-1-3-5(6)7(9)10;/h1-4H;1H4. The number of benzene rings is 1. The predicted molar refractivity (Wildman–Crippen MR) is 48.4 cm³/mol. The molecule has 0 fully saturated rings. The Morgan fingerprint density at radius 2 is 1.82 bits per heavy atom. The van der Waals surface area contributed by atoms with Gasteiger partial charge in [-0.1, -0.05) is 31.2 Å². The van der Waals surface area contributed by atoms with Gasteiger partial charge in [0.15, 0.2) is 0 Å². The van der Waals surface area contributed by atoms with Gasteiger partial charge < -0.3 is 0 Å². The minimum atomic E-state index is -0.523. The van der Waals surface area contributed by atoms with E-state index in [1.54, 1.807) is 24.3 Å². The lowest BCUT2D eigenvalue weighted by molar-refractivity contribution is 0.108. The van der Waals surface area contributed by atoms with E-state index in [9.17, 15) is 4.79 Å². The molecule has 0 heterocycles. The van der Waals surface area contributed by atoms with E-state index in [0.29, 0.717) is 10.6 Å². The average Bonchev–Trinajstić information content (AvgIpc) is 1.88. The molecule has 0 atom stereocenters. The van der Waals surface area contributed by atoms with E-state index >= 15 is 0 Å². The molecule has 0 amide bonds. The Morgan fingerprint density at radius 1 is 1.27 bits per heavy atom. The second kappa shape index (κ2) is 4.37. The molecule has 0 bridgehead atoms. The molecule has 1 rings (SSSR count). The van der Waals surface area contributed by atoms with Crippen molar-refractivity contribution in [2.75, 3.05) is 0 Å². The number of hydrogen-bond acceptors (Lipinski definition) is 1. The maximum atomic E-state index is 10.5. The minimum absolute atomic E-state index is 0. The fourth-order valence-electron chi connectivity index (χ4n) is 0.621. The number of halogens is 2. The topological polar surface area (TPSA) is 17.1 Å². The van der Waals surface area contributed by atoms with Crippen molar-refractivity contribution < 1.29 is 4.79 Å². The van der Waals surface area contributed by atoms with Gasteiger partial charge in [-0.2, -0.15) is 0 Å². The van der Waals surface area contributed by atoms with Crippen LogP contribution in [0.1, 0.15) is 17.8 Å². The average molecular weight is 191 g/mol. The van der Waals surface area contributed by atoms with Crippen molar-refractivity contribution in [1.29, 1.82) is 0 Å². The Kier molecular flexibility index (Phi) is 4.16. The SMILES string of the molecule is C.O=C(Cl)c1ccccc1Cl. The van der Waals surface area contributed by atoms with Crippen LogP contribution in [0, 0.1) is 0 Å². The Bertz CT molecular complexity index is 258. The van der Waals surface area contributed by atoms with Gasteiger partial charge in [-0.3, -0.25) is 4.79 Å². The Labute approximate surface area is 75.9 Å². The first kappa shape index (κ1) is 10.5. The van der Waals surface area contributed by atoms with Gasteiger partial charge in [0, 0.05) is 0 Å². The van der Waals surface area contributed by atoms with E-state index in [4.69, 9.17) is 23.2 Å². The second-order valence-electron chi connectivity index (χ2n) is 1.75. The molecule has 0 saturated heterocycles. The monoisotopic (exact) mass is 190 g/mol. The fourth-order valence-corrected chi connectivity index (χ4v) is 1.06. The van der Waals surface area contributed by atoms with Crippen LogP contribution < -0.4 is 0 Å². The van der Waals surface area contributed by atoms with Gasteiger partial charge in [-0.15, -0.1) is 0 Å². The zero-order valence-corrected chi connectivity index (χ0v) is 6.49. The van der Waals surface area contributed by atoms with Crippen molar-refractivity contribution in [2.45, 2.75) is 7.43 Å². The van der Waals surface area contributed by atoms with E-state index in [-0.39, 0.29) is 7.43 Å². The highest BCUT2D eigenvalue weighted by molar-refractivity contribution is 6.68. The number of hydrogen-bond donors (Lipinski definition) is 0. The lowest BCUT2D eigenvalue weighted by atomic mass is 10.2. The molecule has 0 aliphatic rings. The third-order valence-corrected chi connectivity index (χ3v) is 1.62. The van der Waals surface area contributed by atoms with Crippen LogP contribution in [0.25, 0.3) is 0 Å². The highest BCUT2D eigenvalue weighted by Gasteiger charge is 2.03. The Morgan fingerprint density at radius 3 is 2.18 bits per heavy atom. The van der Waals surface area contributed by atoms with Crippen LogP contribution in [-0.4, -0.2) is 5.24 Å². The lowest BCUT2D eigenvalue weighted by Gasteiger charge is -1.93. The summed E-state index contributed by atoms with van der Waals surface area (Å²) in [6.07, 6.45) is 0. The van der Waals surface area contributed by atoms with Gasteiger partial charge in [0.2, 0.25) is 0 Å². The molecule has 1 nitrogen and oxygen atoms in total. The molecule has 3 heteroatoms. The van der Waals surface area contributed by atoms with E-state index in [1.807, 2.05) is 0 Å². The summed E-state index contributed by atoms with van der Waals surface area (Å²) in [4.78, 5) is 10.5. The molecule has 0 N–H and O–H groups in total. The number of carbonyl (C=O) groups is 1. The van der Waals surface area contributed by atoms with Crippen LogP contribution in [0.2, 0.25) is 5.02 Å². The lowest BCUT2D eigenvalue weighted by Crippen LogP contribution is -1.87. The van der Waals surface area contributed by atoms with Gasteiger partial charge >= 0.3 is 0 Å². The maximum Gasteiger partial charge on any atom is 0.253 e. The summed E-state index contributed by atoms with van der Waals surface area (Å²) in [6.45, 7) is 0. The summed E-state index contributed by atoms with van der Waals surface area (Å²) in [5.74, 6) is 0. The van der Waals surface area contributed by atoms with E-state index in [0.717, 1.165) is 0 Å². The van der Waals surface area contributed by atoms with Crippen molar-refractivity contribution >= 4 is 28.4 Å². The van der Waals surface area contributed by atoms with Crippen molar-refractivity contribution in [3.8, 4) is 0 Å². The summed E-state index contributed by atoms with van der Waals surface area (Å²) in [7, 11) is 0. The van der Waals surface area contributed by atoms with Crippen molar-refractivity contribution in [3.63, 3.8) is 0 Å². The van der Waals surface area contributed by atoms with Crippen LogP contribution >= 0.6 is 23.2 Å². The minimum Gasteiger partial charge on any atom is -0.276 e. The summed E-state index contributed by atoms with van der Waals surface area (Å²) >= 11 is 10.8. The molecular formula is C8H8Cl2O. The quantitative estimate of drug-likeness (QED) is 0.622. The smallest absolute Gasteiger partial charge is 0.253 e. The van der Waals surface area contributed by atoms with Crippen molar-refractivity contribution in [2.24, 2.45) is 0 Å². The molecule has 0 unspecified atom stereocenters. The number of carbonyl (C=O) groups excluding carboxylic acids is 1. The second-order valence-corrected chi connectivity index (χ2v) is 2.50. The molecule has 1 aromatic carbocycles. The van der Waals surface area contributed by atoms with Crippen LogP contribution in [-0.2, 0) is 0 Å². The normalized spacial score (nSPS) is 8.55. The van der Waals surface area contributed by atoms with Crippen molar-refractivity contribution in [1.82, 2.24) is 0 Å². The molecule has 1 aromatic rings. The molecule has 11 heavy (non-hydrogen) atoms. The van der Waals surface area contributed by atoms with Gasteiger partial charge in [0.1, 0.15) is 0 Å². The van der Waals surface area contributed by atoms with E-state index in [2.05, 4.69) is 0 Å². The molecular weight excluding hydrogens is 183 g/mol. The fraction of sp³-hybridized carbons (Fsp3) is 0.125. The number of rotatable bonds is 1. The zero-order valence-electron chi connectivity index (χ0n) is 4.97. The van der Waals surface area contributed by atoms with Gasteiger partial charge in [0.25, 0.3) is 5.24 Å². The predicted octanol–water partition coefficient (Wildman–Crippen LogP) is 3.36. The highest BCUT2D eigenvalue weighted by atomic mass is 35.5. The highest BCUT2D eigenvalue weighted by Crippen LogP contribution is 2.16. The summed E-state index contributed by atoms with van der Waals surface area (Å²) in [5, 5.41) is -0.131. The Balaban J connectivity index is 0.000001000. The first-order chi connectivity index (χ1) is 4.72. The van der Waals surface area contributed by atoms with Gasteiger partial charge in [0.05, 0.1) is 10.6 Å². The molecule has 0 aromatic heterocycles. The molecule has 0 aliphatic heterocycles. The van der Waals surface area contributed by atoms with Gasteiger partial charge in [-0.05, 0) is 23.7 Å². The van der Waals surface area contributed by atoms with Crippen LogP contribution in [0.3, 0.4) is 0 Å². The van der Waals surface area contributed by atoms with Crippen molar-refractivity contribution in [3.05, 3.63) is 34.9 Å². The molecule has 0 saturated carbocycles. The molecule has 0 aliphatic carbocycles. The zero-order chi connectivity index (χ0) is 7.56. The molecule has 60 valence electrons. The third-order valence-electron chi connectivity index (χ3n) is 1.09. The maximum absolute atomic E-state index is 10.5. The Hall–Kier alpha value is -0.530. The third kappa shape index (κ3) is 2.52. The summed E-state index contributed by atoms with van der Waals surface area (Å²) in [6, 6.07) is 6.65. The van der Waals surface area contributed by atoms with E-state index < -0.39 is 5.24 Å². The summed E-state index contributed by atoms with van der Waals surface area (Å²) < 4.78 is 0. The largest absolute Gasteiger partial charge is 0.276 e. The molecule has 0 spiro atoms. The van der Waals surface area contributed by atoms with Gasteiger partial charge in [-0.25, -0.2) is 0 Å². The van der Waals surface area contributed by atoms with Crippen LogP contribution in [0.4, 0.5) is 0 Å². The first-order valence-corrected chi connectivity index (χ1v) is 3.42. The van der Waals surface area contributed by atoms with E-state index in [1.165, 1.54) is 0 Å². The molecule has 0 radical (unpaired) electrons.